The Labute approximate surface area is 98.2 Å². The van der Waals surface area contributed by atoms with Crippen molar-refractivity contribution < 1.29 is 4.39 Å². The summed E-state index contributed by atoms with van der Waals surface area (Å²) in [6.07, 6.45) is 2.41. The van der Waals surface area contributed by atoms with E-state index >= 15 is 0 Å². The molecule has 1 unspecified atom stereocenters. The predicted molar refractivity (Wildman–Crippen MR) is 63.8 cm³/mol. The van der Waals surface area contributed by atoms with Gasteiger partial charge in [-0.15, -0.1) is 0 Å². The SMILES string of the molecule is CC(C)C(C)C=Nc1nc(F)nc2nc[nH]c12. The molecule has 2 rings (SSSR count). The molecule has 2 aromatic rings. The fourth-order valence-electron chi connectivity index (χ4n) is 1.25. The van der Waals surface area contributed by atoms with E-state index < -0.39 is 6.08 Å². The Morgan fingerprint density at radius 3 is 2.82 bits per heavy atom. The molecule has 0 saturated carbocycles. The van der Waals surface area contributed by atoms with Crippen molar-refractivity contribution in [1.82, 2.24) is 19.9 Å². The van der Waals surface area contributed by atoms with E-state index in [0.717, 1.165) is 0 Å². The van der Waals surface area contributed by atoms with Gasteiger partial charge < -0.3 is 4.98 Å². The standard InChI is InChI=1S/C11H14FN5/c1-6(2)7(3)4-13-9-8-10(15-5-14-8)17-11(12)16-9/h4-7H,1-3H3,(H,14,15,16,17). The molecule has 2 heterocycles. The lowest BCUT2D eigenvalue weighted by Gasteiger charge is -2.08. The van der Waals surface area contributed by atoms with Crippen LogP contribution in [0.3, 0.4) is 0 Å². The highest BCUT2D eigenvalue weighted by Gasteiger charge is 2.09. The summed E-state index contributed by atoms with van der Waals surface area (Å²) in [5, 5.41) is 0. The zero-order valence-corrected chi connectivity index (χ0v) is 9.98. The Hall–Kier alpha value is -1.85. The Morgan fingerprint density at radius 2 is 2.12 bits per heavy atom. The van der Waals surface area contributed by atoms with Gasteiger partial charge in [0.05, 0.1) is 6.33 Å². The van der Waals surface area contributed by atoms with Crippen LogP contribution in [0.5, 0.6) is 0 Å². The molecule has 0 bridgehead atoms. The minimum Gasteiger partial charge on any atom is -0.340 e. The first-order valence-corrected chi connectivity index (χ1v) is 5.48. The van der Waals surface area contributed by atoms with Crippen LogP contribution >= 0.6 is 0 Å². The quantitative estimate of drug-likeness (QED) is 0.656. The van der Waals surface area contributed by atoms with E-state index in [1.807, 2.05) is 0 Å². The van der Waals surface area contributed by atoms with Crippen molar-refractivity contribution in [2.45, 2.75) is 20.8 Å². The highest BCUT2D eigenvalue weighted by Crippen LogP contribution is 2.19. The molecule has 90 valence electrons. The van der Waals surface area contributed by atoms with Crippen LogP contribution < -0.4 is 0 Å². The topological polar surface area (TPSA) is 66.8 Å². The summed E-state index contributed by atoms with van der Waals surface area (Å²) < 4.78 is 13.1. The molecule has 0 amide bonds. The molecule has 0 aliphatic heterocycles. The number of halogens is 1. The highest BCUT2D eigenvalue weighted by atomic mass is 19.1. The maximum absolute atomic E-state index is 13.1. The van der Waals surface area contributed by atoms with Gasteiger partial charge in [0, 0.05) is 6.21 Å². The Bertz CT molecular complexity index is 546. The number of nitrogens with zero attached hydrogens (tertiary/aromatic N) is 4. The van der Waals surface area contributed by atoms with E-state index in [2.05, 4.69) is 45.7 Å². The minimum atomic E-state index is -0.811. The summed E-state index contributed by atoms with van der Waals surface area (Å²) >= 11 is 0. The van der Waals surface area contributed by atoms with Crippen LogP contribution in [0.2, 0.25) is 0 Å². The zero-order valence-electron chi connectivity index (χ0n) is 9.98. The molecule has 1 N–H and O–H groups in total. The smallest absolute Gasteiger partial charge is 0.312 e. The van der Waals surface area contributed by atoms with Gasteiger partial charge >= 0.3 is 6.08 Å². The van der Waals surface area contributed by atoms with Gasteiger partial charge in [0.2, 0.25) is 0 Å². The summed E-state index contributed by atoms with van der Waals surface area (Å²) in [7, 11) is 0. The van der Waals surface area contributed by atoms with Crippen molar-refractivity contribution in [1.29, 1.82) is 0 Å². The lowest BCUT2D eigenvalue weighted by molar-refractivity contribution is 0.538. The Balaban J connectivity index is 2.38. The molecule has 17 heavy (non-hydrogen) atoms. The molecule has 0 radical (unpaired) electrons. The molecule has 0 saturated heterocycles. The molecule has 5 nitrogen and oxygen atoms in total. The number of rotatable bonds is 3. The van der Waals surface area contributed by atoms with Crippen molar-refractivity contribution in [3.8, 4) is 0 Å². The molecule has 0 fully saturated rings. The van der Waals surface area contributed by atoms with Crippen LogP contribution in [-0.2, 0) is 0 Å². The maximum Gasteiger partial charge on any atom is 0.312 e. The van der Waals surface area contributed by atoms with Gasteiger partial charge in [-0.25, -0.2) is 9.98 Å². The predicted octanol–water partition coefficient (Wildman–Crippen LogP) is 2.49. The number of aromatic nitrogens is 4. The molecule has 6 heteroatoms. The van der Waals surface area contributed by atoms with Crippen molar-refractivity contribution in [2.75, 3.05) is 0 Å². The van der Waals surface area contributed by atoms with E-state index in [-0.39, 0.29) is 5.82 Å². The Kier molecular flexibility index (Phi) is 3.12. The van der Waals surface area contributed by atoms with Gasteiger partial charge in [0.15, 0.2) is 11.5 Å². The number of hydrogen-bond donors (Lipinski definition) is 1. The molecule has 2 aromatic heterocycles. The van der Waals surface area contributed by atoms with Crippen LogP contribution in [-0.4, -0.2) is 26.2 Å². The van der Waals surface area contributed by atoms with Crippen LogP contribution in [0, 0.1) is 17.9 Å². The molecule has 1 atom stereocenters. The van der Waals surface area contributed by atoms with Gasteiger partial charge in [0.1, 0.15) is 5.52 Å². The summed E-state index contributed by atoms with van der Waals surface area (Å²) in [6, 6.07) is 0. The number of imidazole rings is 1. The zero-order chi connectivity index (χ0) is 12.4. The molecule has 0 aliphatic carbocycles. The molecular weight excluding hydrogens is 221 g/mol. The molecule has 0 aliphatic rings. The van der Waals surface area contributed by atoms with E-state index in [1.165, 1.54) is 6.33 Å². The number of aromatic amines is 1. The fraction of sp³-hybridized carbons (Fsp3) is 0.455. The number of H-pyrrole nitrogens is 1. The number of aliphatic imine (C=N–C) groups is 1. The van der Waals surface area contributed by atoms with Gasteiger partial charge in [-0.3, -0.25) is 0 Å². The summed E-state index contributed by atoms with van der Waals surface area (Å²) in [5.41, 5.74) is 0.848. The summed E-state index contributed by atoms with van der Waals surface area (Å²) in [5.74, 6) is 1.06. The normalized spacial score (nSPS) is 13.9. The van der Waals surface area contributed by atoms with Gasteiger partial charge in [0.25, 0.3) is 0 Å². The van der Waals surface area contributed by atoms with E-state index in [0.29, 0.717) is 23.0 Å². The number of fused-ring (bicyclic) bond motifs is 1. The third kappa shape index (κ3) is 2.46. The molecule has 0 spiro atoms. The van der Waals surface area contributed by atoms with Crippen LogP contribution in [0.1, 0.15) is 20.8 Å². The fourth-order valence-corrected chi connectivity index (χ4v) is 1.25. The third-order valence-corrected chi connectivity index (χ3v) is 2.72. The third-order valence-electron chi connectivity index (χ3n) is 2.72. The van der Waals surface area contributed by atoms with E-state index in [9.17, 15) is 4.39 Å². The lowest BCUT2D eigenvalue weighted by atomic mass is 10.00. The van der Waals surface area contributed by atoms with Crippen LogP contribution in [0.4, 0.5) is 10.2 Å². The second-order valence-corrected chi connectivity index (χ2v) is 4.30. The monoisotopic (exact) mass is 235 g/mol. The van der Waals surface area contributed by atoms with Crippen molar-refractivity contribution >= 4 is 23.2 Å². The summed E-state index contributed by atoms with van der Waals surface area (Å²) in [6.45, 7) is 6.25. The number of hydrogen-bond acceptors (Lipinski definition) is 4. The van der Waals surface area contributed by atoms with E-state index in [4.69, 9.17) is 0 Å². The van der Waals surface area contributed by atoms with Crippen LogP contribution in [0.25, 0.3) is 11.2 Å². The van der Waals surface area contributed by atoms with Crippen molar-refractivity contribution in [3.05, 3.63) is 12.4 Å². The van der Waals surface area contributed by atoms with Crippen molar-refractivity contribution in [3.63, 3.8) is 0 Å². The molecule has 0 aromatic carbocycles. The van der Waals surface area contributed by atoms with Crippen LogP contribution in [0.15, 0.2) is 11.3 Å². The maximum atomic E-state index is 13.1. The number of nitrogens with one attached hydrogen (secondary N) is 1. The Morgan fingerprint density at radius 1 is 1.35 bits per heavy atom. The second-order valence-electron chi connectivity index (χ2n) is 4.30. The van der Waals surface area contributed by atoms with Gasteiger partial charge in [-0.1, -0.05) is 20.8 Å². The van der Waals surface area contributed by atoms with E-state index in [1.54, 1.807) is 6.21 Å². The molecular formula is C11H14FN5. The van der Waals surface area contributed by atoms with Gasteiger partial charge in [-0.2, -0.15) is 14.4 Å². The largest absolute Gasteiger partial charge is 0.340 e. The first-order valence-electron chi connectivity index (χ1n) is 5.48. The van der Waals surface area contributed by atoms with Gasteiger partial charge in [-0.05, 0) is 11.8 Å². The minimum absolute atomic E-state index is 0.289. The summed E-state index contributed by atoms with van der Waals surface area (Å²) in [4.78, 5) is 18.2. The first-order chi connectivity index (χ1) is 8.08. The highest BCUT2D eigenvalue weighted by molar-refractivity contribution is 5.82. The average molecular weight is 235 g/mol. The first kappa shape index (κ1) is 11.6. The lowest BCUT2D eigenvalue weighted by Crippen LogP contribution is -2.04. The average Bonchev–Trinajstić information content (AvgIpc) is 2.72. The second kappa shape index (κ2) is 4.57. The van der Waals surface area contributed by atoms with Crippen molar-refractivity contribution in [2.24, 2.45) is 16.8 Å².